The van der Waals surface area contributed by atoms with Crippen LogP contribution in [0.2, 0.25) is 4.34 Å². The lowest BCUT2D eigenvalue weighted by molar-refractivity contribution is 0.101. The Balaban J connectivity index is 1.28. The number of carbonyl (C=O) groups is 1. The minimum Gasteiger partial charge on any atom is -0.355 e. The predicted octanol–water partition coefficient (Wildman–Crippen LogP) is 5.25. The number of nitrogens with zero attached hydrogens (tertiary/aromatic N) is 5. The van der Waals surface area contributed by atoms with Crippen LogP contribution >= 0.6 is 22.9 Å². The van der Waals surface area contributed by atoms with Crippen molar-refractivity contribution in [3.05, 3.63) is 112 Å². The third kappa shape index (κ3) is 4.55. The Morgan fingerprint density at radius 3 is 2.70 bits per heavy atom. The predicted molar refractivity (Wildman–Crippen MR) is 141 cm³/mol. The van der Waals surface area contributed by atoms with Gasteiger partial charge in [0.1, 0.15) is 5.69 Å². The van der Waals surface area contributed by atoms with E-state index in [1.165, 1.54) is 28.3 Å². The van der Waals surface area contributed by atoms with Gasteiger partial charge in [0, 0.05) is 29.8 Å². The summed E-state index contributed by atoms with van der Waals surface area (Å²) < 4.78 is 9.45. The second-order valence-corrected chi connectivity index (χ2v) is 9.80. The largest absolute Gasteiger partial charge is 0.355 e. The first-order chi connectivity index (χ1) is 18.0. The van der Waals surface area contributed by atoms with Crippen LogP contribution in [0.3, 0.4) is 0 Å². The molecule has 4 aromatic heterocycles. The number of para-hydroxylation sites is 2. The van der Waals surface area contributed by atoms with Crippen LogP contribution in [-0.4, -0.2) is 30.2 Å². The zero-order chi connectivity index (χ0) is 25.4. The number of halogens is 1. The first kappa shape index (κ1) is 22.9. The molecule has 0 spiro atoms. The number of rotatable bonds is 6. The van der Waals surface area contributed by atoms with E-state index in [1.807, 2.05) is 36.4 Å². The highest BCUT2D eigenvalue weighted by Gasteiger charge is 2.20. The molecule has 6 rings (SSSR count). The van der Waals surface area contributed by atoms with E-state index in [-0.39, 0.29) is 23.8 Å². The molecule has 11 heteroatoms. The van der Waals surface area contributed by atoms with Gasteiger partial charge in [-0.25, -0.2) is 4.98 Å². The number of hydrogen-bond donors (Lipinski definition) is 1. The van der Waals surface area contributed by atoms with Crippen molar-refractivity contribution in [3.8, 4) is 16.3 Å². The zero-order valence-corrected chi connectivity index (χ0v) is 20.6. The lowest BCUT2D eigenvalue weighted by atomic mass is 10.2. The van der Waals surface area contributed by atoms with Gasteiger partial charge < -0.3 is 14.4 Å². The summed E-state index contributed by atoms with van der Waals surface area (Å²) >= 11 is 7.45. The van der Waals surface area contributed by atoms with Crippen molar-refractivity contribution in [1.82, 2.24) is 24.3 Å². The van der Waals surface area contributed by atoms with Crippen molar-refractivity contribution < 1.29 is 9.32 Å². The van der Waals surface area contributed by atoms with Crippen LogP contribution < -0.4 is 10.9 Å². The molecule has 182 valence electrons. The molecule has 9 nitrogen and oxygen atoms in total. The van der Waals surface area contributed by atoms with Crippen LogP contribution in [-0.2, 0) is 6.54 Å². The molecule has 1 N–H and O–H groups in total. The van der Waals surface area contributed by atoms with Gasteiger partial charge in [-0.2, -0.15) is 0 Å². The molecule has 2 aromatic carbocycles. The molecule has 0 aliphatic heterocycles. The number of aromatic nitrogens is 5. The minimum absolute atomic E-state index is 0.236. The van der Waals surface area contributed by atoms with Gasteiger partial charge in [-0.05, 0) is 48.5 Å². The van der Waals surface area contributed by atoms with Gasteiger partial charge in [-0.15, -0.1) is 11.3 Å². The van der Waals surface area contributed by atoms with Crippen molar-refractivity contribution in [1.29, 1.82) is 0 Å². The van der Waals surface area contributed by atoms with E-state index in [1.54, 1.807) is 41.1 Å². The lowest BCUT2D eigenvalue weighted by Crippen LogP contribution is -2.19. The van der Waals surface area contributed by atoms with E-state index in [2.05, 4.69) is 20.4 Å². The Hall–Kier alpha value is -4.54. The maximum atomic E-state index is 13.3. The van der Waals surface area contributed by atoms with E-state index in [9.17, 15) is 9.59 Å². The van der Waals surface area contributed by atoms with Gasteiger partial charge in [0.05, 0.1) is 33.0 Å². The van der Waals surface area contributed by atoms with Crippen molar-refractivity contribution >= 4 is 45.6 Å². The lowest BCUT2D eigenvalue weighted by Gasteiger charge is -2.09. The van der Waals surface area contributed by atoms with Crippen LogP contribution in [0.5, 0.6) is 0 Å². The molecule has 0 unspecified atom stereocenters. The highest BCUT2D eigenvalue weighted by molar-refractivity contribution is 7.19. The summed E-state index contributed by atoms with van der Waals surface area (Å²) in [5.41, 5.74) is 3.10. The second-order valence-electron chi connectivity index (χ2n) is 8.08. The molecule has 37 heavy (non-hydrogen) atoms. The SMILES string of the molecule is O=C(Nc1ccc(-n2ccncc2=O)cc1)c1nc2ccccc2n1Cc1cc(-c2ccc(Cl)s2)on1. The van der Waals surface area contributed by atoms with Gasteiger partial charge in [0.15, 0.2) is 5.76 Å². The smallest absolute Gasteiger partial charge is 0.291 e. The van der Waals surface area contributed by atoms with Gasteiger partial charge in [0.25, 0.3) is 11.5 Å². The Morgan fingerprint density at radius 1 is 1.08 bits per heavy atom. The molecule has 0 bridgehead atoms. The fourth-order valence-electron chi connectivity index (χ4n) is 3.97. The molecule has 0 aliphatic rings. The molecule has 0 saturated heterocycles. The summed E-state index contributed by atoms with van der Waals surface area (Å²) in [4.78, 5) is 34.6. The quantitative estimate of drug-likeness (QED) is 0.316. The molecule has 0 atom stereocenters. The number of benzene rings is 2. The van der Waals surface area contributed by atoms with Crippen molar-refractivity contribution in [2.45, 2.75) is 6.54 Å². The first-order valence-corrected chi connectivity index (χ1v) is 12.4. The monoisotopic (exact) mass is 528 g/mol. The molecular weight excluding hydrogens is 512 g/mol. The fraction of sp³-hybridized carbons (Fsp3) is 0.0385. The number of carbonyl (C=O) groups excluding carboxylic acids is 1. The van der Waals surface area contributed by atoms with E-state index < -0.39 is 0 Å². The number of fused-ring (bicyclic) bond motifs is 1. The molecule has 1 amide bonds. The highest BCUT2D eigenvalue weighted by atomic mass is 35.5. The van der Waals surface area contributed by atoms with Gasteiger partial charge in [0.2, 0.25) is 5.82 Å². The molecule has 0 saturated carbocycles. The highest BCUT2D eigenvalue weighted by Crippen LogP contribution is 2.31. The Bertz CT molecular complexity index is 1800. The number of amides is 1. The normalized spacial score (nSPS) is 11.2. The summed E-state index contributed by atoms with van der Waals surface area (Å²) in [6.07, 6.45) is 4.36. The van der Waals surface area contributed by atoms with Crippen molar-refractivity contribution in [3.63, 3.8) is 0 Å². The van der Waals surface area contributed by atoms with Crippen LogP contribution in [0.15, 0.2) is 94.6 Å². The number of thiophene rings is 1. The summed E-state index contributed by atoms with van der Waals surface area (Å²) in [7, 11) is 0. The van der Waals surface area contributed by atoms with Crippen LogP contribution in [0.1, 0.15) is 16.3 Å². The molecule has 0 aliphatic carbocycles. The average molecular weight is 529 g/mol. The number of imidazole rings is 1. The van der Waals surface area contributed by atoms with Gasteiger partial charge in [-0.3, -0.25) is 19.1 Å². The van der Waals surface area contributed by atoms with Gasteiger partial charge in [-0.1, -0.05) is 28.9 Å². The average Bonchev–Trinajstić information content (AvgIpc) is 3.64. The maximum absolute atomic E-state index is 13.3. The van der Waals surface area contributed by atoms with Crippen molar-refractivity contribution in [2.75, 3.05) is 5.32 Å². The third-order valence-electron chi connectivity index (χ3n) is 5.68. The zero-order valence-electron chi connectivity index (χ0n) is 19.0. The topological polar surface area (TPSA) is 108 Å². The van der Waals surface area contributed by atoms with E-state index in [0.29, 0.717) is 32.7 Å². The summed E-state index contributed by atoms with van der Waals surface area (Å²) in [5.74, 6) is 0.467. The summed E-state index contributed by atoms with van der Waals surface area (Å²) in [6, 6.07) is 20.0. The molecule has 0 fully saturated rings. The van der Waals surface area contributed by atoms with E-state index >= 15 is 0 Å². The standard InChI is InChI=1S/C26H17ClN6O3S/c27-23-10-9-22(37-23)21-13-17(31-36-21)15-33-20-4-2-1-3-19(20)30-25(33)26(35)29-16-5-7-18(8-6-16)32-12-11-28-14-24(32)34/h1-14H,15H2,(H,29,35). The van der Waals surface area contributed by atoms with Crippen LogP contribution in [0.4, 0.5) is 5.69 Å². The van der Waals surface area contributed by atoms with Gasteiger partial charge >= 0.3 is 0 Å². The Labute approximate surface area is 218 Å². The number of hydrogen-bond acceptors (Lipinski definition) is 7. The van der Waals surface area contributed by atoms with Crippen LogP contribution in [0.25, 0.3) is 27.4 Å². The molecule has 4 heterocycles. The third-order valence-corrected chi connectivity index (χ3v) is 6.93. The first-order valence-electron chi connectivity index (χ1n) is 11.2. The second kappa shape index (κ2) is 9.49. The minimum atomic E-state index is -0.376. The van der Waals surface area contributed by atoms with Crippen molar-refractivity contribution in [2.24, 2.45) is 0 Å². The maximum Gasteiger partial charge on any atom is 0.291 e. The van der Waals surface area contributed by atoms with Crippen LogP contribution in [0, 0.1) is 0 Å². The number of nitrogens with one attached hydrogen (secondary N) is 1. The fourth-order valence-corrected chi connectivity index (χ4v) is 4.96. The molecule has 6 aromatic rings. The summed E-state index contributed by atoms with van der Waals surface area (Å²) in [6.45, 7) is 0.287. The number of anilines is 1. The summed E-state index contributed by atoms with van der Waals surface area (Å²) in [5, 5.41) is 7.08. The molecular formula is C26H17ClN6O3S. The Morgan fingerprint density at radius 2 is 1.92 bits per heavy atom. The molecule has 0 radical (unpaired) electrons. The van der Waals surface area contributed by atoms with E-state index in [4.69, 9.17) is 16.1 Å². The Kier molecular flexibility index (Phi) is 5.87. The van der Waals surface area contributed by atoms with E-state index in [0.717, 1.165) is 10.4 Å².